The molecular formula is C15H26N4O. The summed E-state index contributed by atoms with van der Waals surface area (Å²) in [5, 5.41) is 17.3. The molecule has 5 heteroatoms. The molecule has 2 aliphatic rings. The van der Waals surface area contributed by atoms with E-state index >= 15 is 0 Å². The molecule has 0 bridgehead atoms. The van der Waals surface area contributed by atoms with Gasteiger partial charge in [-0.25, -0.2) is 0 Å². The molecule has 2 N–H and O–H groups in total. The van der Waals surface area contributed by atoms with Crippen molar-refractivity contribution in [2.45, 2.75) is 45.2 Å². The summed E-state index contributed by atoms with van der Waals surface area (Å²) in [6.45, 7) is 5.48. The zero-order valence-electron chi connectivity index (χ0n) is 12.6. The first-order valence-electron chi connectivity index (χ1n) is 7.80. The van der Waals surface area contributed by atoms with Crippen LogP contribution >= 0.6 is 0 Å². The molecule has 20 heavy (non-hydrogen) atoms. The molecule has 1 aliphatic carbocycles. The first-order valence-corrected chi connectivity index (χ1v) is 7.80. The fourth-order valence-electron chi connectivity index (χ4n) is 3.27. The molecule has 1 atom stereocenters. The highest BCUT2D eigenvalue weighted by atomic mass is 16.3. The van der Waals surface area contributed by atoms with Gasteiger partial charge in [0.15, 0.2) is 0 Å². The molecule has 112 valence electrons. The largest absolute Gasteiger partial charge is 0.396 e. The fourth-order valence-corrected chi connectivity index (χ4v) is 3.27. The number of aromatic nitrogens is 2. The molecule has 0 spiro atoms. The van der Waals surface area contributed by atoms with E-state index in [-0.39, 0.29) is 0 Å². The Bertz CT molecular complexity index is 467. The molecule has 0 radical (unpaired) electrons. The number of aryl methyl sites for hydroxylation is 2. The number of nitrogens with zero attached hydrogens (tertiary/aromatic N) is 3. The van der Waals surface area contributed by atoms with Gasteiger partial charge in [-0.3, -0.25) is 4.68 Å². The Morgan fingerprint density at radius 3 is 2.85 bits per heavy atom. The van der Waals surface area contributed by atoms with Crippen LogP contribution in [0.15, 0.2) is 0 Å². The molecule has 2 fully saturated rings. The van der Waals surface area contributed by atoms with E-state index < -0.39 is 0 Å². The Hall–Kier alpha value is -1.07. The standard InChI is InChI=1S/C15H26N4O/c1-11-14(9-16-13-3-4-13)15(18(2)17-11)19-7-5-12(10-19)6-8-20/h12-13,16,20H,3-10H2,1-2H3. The quantitative estimate of drug-likeness (QED) is 0.821. The van der Waals surface area contributed by atoms with Crippen LogP contribution in [0.4, 0.5) is 5.82 Å². The van der Waals surface area contributed by atoms with Gasteiger partial charge >= 0.3 is 0 Å². The summed E-state index contributed by atoms with van der Waals surface area (Å²) in [5.74, 6) is 1.90. The van der Waals surface area contributed by atoms with Gasteiger partial charge in [0.05, 0.1) is 5.69 Å². The molecule has 3 rings (SSSR count). The predicted octanol–water partition coefficient (Wildman–Crippen LogP) is 1.19. The summed E-state index contributed by atoms with van der Waals surface area (Å²) in [6.07, 6.45) is 4.73. The zero-order valence-corrected chi connectivity index (χ0v) is 12.6. The third-order valence-corrected chi connectivity index (χ3v) is 4.58. The first kappa shape index (κ1) is 13.9. The number of rotatable bonds is 6. The van der Waals surface area contributed by atoms with Gasteiger partial charge in [-0.15, -0.1) is 0 Å². The van der Waals surface area contributed by atoms with Gasteiger partial charge in [-0.1, -0.05) is 0 Å². The molecule has 1 aliphatic heterocycles. The molecule has 1 saturated heterocycles. The van der Waals surface area contributed by atoms with E-state index in [1.807, 2.05) is 11.7 Å². The zero-order chi connectivity index (χ0) is 14.1. The monoisotopic (exact) mass is 278 g/mol. The third-order valence-electron chi connectivity index (χ3n) is 4.58. The number of hydrogen-bond donors (Lipinski definition) is 2. The second kappa shape index (κ2) is 5.74. The summed E-state index contributed by atoms with van der Waals surface area (Å²) in [4.78, 5) is 2.45. The lowest BCUT2D eigenvalue weighted by atomic mass is 10.1. The fraction of sp³-hybridized carbons (Fsp3) is 0.800. The van der Waals surface area contributed by atoms with Crippen LogP contribution in [0.5, 0.6) is 0 Å². The van der Waals surface area contributed by atoms with E-state index in [1.165, 1.54) is 30.6 Å². The Morgan fingerprint density at radius 1 is 1.35 bits per heavy atom. The summed E-state index contributed by atoms with van der Waals surface area (Å²) in [5.41, 5.74) is 2.49. The van der Waals surface area contributed by atoms with Crippen molar-refractivity contribution in [1.82, 2.24) is 15.1 Å². The van der Waals surface area contributed by atoms with Crippen LogP contribution in [0.2, 0.25) is 0 Å². The summed E-state index contributed by atoms with van der Waals surface area (Å²) in [6, 6.07) is 0.725. The second-order valence-electron chi connectivity index (χ2n) is 6.28. The van der Waals surface area contributed by atoms with Gasteiger partial charge in [0.25, 0.3) is 0 Å². The van der Waals surface area contributed by atoms with Crippen LogP contribution in [0.1, 0.15) is 36.9 Å². The van der Waals surface area contributed by atoms with Crippen molar-refractivity contribution in [3.05, 3.63) is 11.3 Å². The first-order chi connectivity index (χ1) is 9.69. The molecule has 1 aromatic heterocycles. The highest BCUT2D eigenvalue weighted by Gasteiger charge is 2.28. The molecule has 5 nitrogen and oxygen atoms in total. The van der Waals surface area contributed by atoms with Crippen molar-refractivity contribution in [2.24, 2.45) is 13.0 Å². The average molecular weight is 278 g/mol. The number of aliphatic hydroxyl groups excluding tert-OH is 1. The molecule has 1 unspecified atom stereocenters. The molecule has 0 aromatic carbocycles. The lowest BCUT2D eigenvalue weighted by Gasteiger charge is -2.21. The van der Waals surface area contributed by atoms with Crippen LogP contribution in [0.25, 0.3) is 0 Å². The van der Waals surface area contributed by atoms with Gasteiger partial charge < -0.3 is 15.3 Å². The lowest BCUT2D eigenvalue weighted by molar-refractivity contribution is 0.263. The summed E-state index contributed by atoms with van der Waals surface area (Å²) < 4.78 is 2.03. The van der Waals surface area contributed by atoms with Crippen molar-refractivity contribution >= 4 is 5.82 Å². The van der Waals surface area contributed by atoms with Gasteiger partial charge in [-0.2, -0.15) is 5.10 Å². The minimum Gasteiger partial charge on any atom is -0.396 e. The van der Waals surface area contributed by atoms with Crippen LogP contribution < -0.4 is 10.2 Å². The van der Waals surface area contributed by atoms with Gasteiger partial charge in [0, 0.05) is 44.9 Å². The Morgan fingerprint density at radius 2 is 2.15 bits per heavy atom. The third kappa shape index (κ3) is 2.83. The SMILES string of the molecule is Cc1nn(C)c(N2CCC(CCO)C2)c1CNC1CC1. The smallest absolute Gasteiger partial charge is 0.131 e. The van der Waals surface area contributed by atoms with Gasteiger partial charge in [0.1, 0.15) is 5.82 Å². The van der Waals surface area contributed by atoms with Gasteiger partial charge in [-0.05, 0) is 38.5 Å². The van der Waals surface area contributed by atoms with Crippen molar-refractivity contribution < 1.29 is 5.11 Å². The minimum atomic E-state index is 0.305. The van der Waals surface area contributed by atoms with E-state index in [2.05, 4.69) is 22.2 Å². The van der Waals surface area contributed by atoms with E-state index in [1.54, 1.807) is 0 Å². The normalized spacial score (nSPS) is 22.8. The highest BCUT2D eigenvalue weighted by molar-refractivity contribution is 5.51. The number of hydrogen-bond acceptors (Lipinski definition) is 4. The molecule has 1 saturated carbocycles. The Kier molecular flexibility index (Phi) is 3.98. The van der Waals surface area contributed by atoms with E-state index in [0.717, 1.165) is 37.8 Å². The van der Waals surface area contributed by atoms with Crippen LogP contribution in [-0.2, 0) is 13.6 Å². The number of aliphatic hydroxyl groups is 1. The van der Waals surface area contributed by atoms with Crippen molar-refractivity contribution in [3.63, 3.8) is 0 Å². The number of anilines is 1. The average Bonchev–Trinajstić information content (AvgIpc) is 3.05. The molecule has 2 heterocycles. The summed E-state index contributed by atoms with van der Waals surface area (Å²) >= 11 is 0. The van der Waals surface area contributed by atoms with Crippen LogP contribution in [-0.4, -0.2) is 40.6 Å². The lowest BCUT2D eigenvalue weighted by Crippen LogP contribution is -2.25. The predicted molar refractivity (Wildman–Crippen MR) is 79.8 cm³/mol. The van der Waals surface area contributed by atoms with Gasteiger partial charge in [0.2, 0.25) is 0 Å². The van der Waals surface area contributed by atoms with Crippen molar-refractivity contribution in [2.75, 3.05) is 24.6 Å². The van der Waals surface area contributed by atoms with E-state index in [9.17, 15) is 0 Å². The maximum absolute atomic E-state index is 9.10. The second-order valence-corrected chi connectivity index (χ2v) is 6.28. The Labute approximate surface area is 121 Å². The highest BCUT2D eigenvalue weighted by Crippen LogP contribution is 2.30. The maximum atomic E-state index is 9.10. The molecule has 1 aromatic rings. The Balaban J connectivity index is 1.73. The van der Waals surface area contributed by atoms with E-state index in [4.69, 9.17) is 5.11 Å². The molecule has 0 amide bonds. The topological polar surface area (TPSA) is 53.3 Å². The van der Waals surface area contributed by atoms with Crippen molar-refractivity contribution in [1.29, 1.82) is 0 Å². The number of nitrogens with one attached hydrogen (secondary N) is 1. The summed E-state index contributed by atoms with van der Waals surface area (Å²) in [7, 11) is 2.04. The van der Waals surface area contributed by atoms with Crippen LogP contribution in [0.3, 0.4) is 0 Å². The van der Waals surface area contributed by atoms with Crippen LogP contribution in [0, 0.1) is 12.8 Å². The minimum absolute atomic E-state index is 0.305. The van der Waals surface area contributed by atoms with Crippen molar-refractivity contribution in [3.8, 4) is 0 Å². The maximum Gasteiger partial charge on any atom is 0.131 e. The van der Waals surface area contributed by atoms with E-state index in [0.29, 0.717) is 12.5 Å². The molecular weight excluding hydrogens is 252 g/mol.